The zero-order valence-corrected chi connectivity index (χ0v) is 13.9. The molecule has 0 saturated carbocycles. The average Bonchev–Trinajstić information content (AvgIpc) is 3.31. The van der Waals surface area contributed by atoms with E-state index in [0.717, 1.165) is 0 Å². The van der Waals surface area contributed by atoms with Crippen LogP contribution in [0.15, 0.2) is 53.8 Å². The summed E-state index contributed by atoms with van der Waals surface area (Å²) in [6.07, 6.45) is 6.54. The molecule has 0 fully saturated rings. The number of carbonyl (C=O) groups excluding carboxylic acids is 1. The fourth-order valence-electron chi connectivity index (χ4n) is 2.68. The largest absolute Gasteiger partial charge is 0.324 e. The normalized spacial score (nSPS) is 11.0. The number of anilines is 1. The Bertz CT molecular complexity index is 1120. The van der Waals surface area contributed by atoms with Crippen LogP contribution < -0.4 is 10.9 Å². The summed E-state index contributed by atoms with van der Waals surface area (Å²) in [5, 5.41) is 9.62. The van der Waals surface area contributed by atoms with Crippen molar-refractivity contribution in [2.24, 2.45) is 0 Å². The van der Waals surface area contributed by atoms with Crippen LogP contribution in [0.4, 0.5) is 5.69 Å². The standard InChI is InChI=1S/C17H15N7O2/c1-11-13(17(26)24-15(21-11)5-7-20-24)9-16(25)22-12-3-4-14(18-10-12)23-8-2-6-19-23/h2-8,10,20H,9H2,1H3,(H,22,25). The van der Waals surface area contributed by atoms with E-state index in [9.17, 15) is 9.59 Å². The Hall–Kier alpha value is -3.75. The van der Waals surface area contributed by atoms with Crippen LogP contribution in [-0.4, -0.2) is 35.3 Å². The van der Waals surface area contributed by atoms with Gasteiger partial charge in [-0.2, -0.15) is 5.10 Å². The van der Waals surface area contributed by atoms with Gasteiger partial charge in [0.05, 0.1) is 18.3 Å². The first-order valence-electron chi connectivity index (χ1n) is 7.93. The lowest BCUT2D eigenvalue weighted by Gasteiger charge is -2.08. The van der Waals surface area contributed by atoms with Crippen molar-refractivity contribution in [3.63, 3.8) is 0 Å². The second kappa shape index (κ2) is 6.28. The van der Waals surface area contributed by atoms with E-state index in [1.807, 2.05) is 0 Å². The number of aryl methyl sites for hydroxylation is 1. The van der Waals surface area contributed by atoms with Crippen molar-refractivity contribution in [3.8, 4) is 5.82 Å². The van der Waals surface area contributed by atoms with Gasteiger partial charge in [0.25, 0.3) is 5.56 Å². The van der Waals surface area contributed by atoms with Gasteiger partial charge >= 0.3 is 0 Å². The molecule has 0 aliphatic carbocycles. The predicted octanol–water partition coefficient (Wildman–Crippen LogP) is 1.09. The summed E-state index contributed by atoms with van der Waals surface area (Å²) < 4.78 is 2.93. The van der Waals surface area contributed by atoms with Gasteiger partial charge in [-0.1, -0.05) is 0 Å². The molecule has 1 amide bonds. The lowest BCUT2D eigenvalue weighted by molar-refractivity contribution is -0.115. The molecule has 0 bridgehead atoms. The molecule has 9 nitrogen and oxygen atoms in total. The summed E-state index contributed by atoms with van der Waals surface area (Å²) in [4.78, 5) is 33.4. The van der Waals surface area contributed by atoms with Crippen molar-refractivity contribution in [2.45, 2.75) is 13.3 Å². The molecule has 0 saturated heterocycles. The van der Waals surface area contributed by atoms with Gasteiger partial charge < -0.3 is 5.32 Å². The topological polar surface area (TPSA) is 110 Å². The van der Waals surface area contributed by atoms with Crippen LogP contribution in [0, 0.1) is 6.92 Å². The third kappa shape index (κ3) is 2.86. The number of H-pyrrole nitrogens is 1. The van der Waals surface area contributed by atoms with Crippen LogP contribution in [0.25, 0.3) is 11.5 Å². The molecule has 4 aromatic rings. The SMILES string of the molecule is Cc1nc2cc[nH]n2c(=O)c1CC(=O)Nc1ccc(-n2cccn2)nc1. The molecular weight excluding hydrogens is 334 g/mol. The summed E-state index contributed by atoms with van der Waals surface area (Å²) in [5.41, 5.74) is 1.67. The summed E-state index contributed by atoms with van der Waals surface area (Å²) in [7, 11) is 0. The first-order chi connectivity index (χ1) is 12.6. The van der Waals surface area contributed by atoms with Gasteiger partial charge in [-0.25, -0.2) is 19.2 Å². The molecule has 9 heteroatoms. The number of aromatic amines is 1. The zero-order valence-electron chi connectivity index (χ0n) is 13.9. The first-order valence-corrected chi connectivity index (χ1v) is 7.93. The van der Waals surface area contributed by atoms with E-state index in [4.69, 9.17) is 0 Å². The molecule has 0 atom stereocenters. The number of fused-ring (bicyclic) bond motifs is 1. The quantitative estimate of drug-likeness (QED) is 0.573. The Labute approximate surface area is 147 Å². The molecule has 2 N–H and O–H groups in total. The molecule has 0 aliphatic heterocycles. The summed E-state index contributed by atoms with van der Waals surface area (Å²) >= 11 is 0. The maximum Gasteiger partial charge on any atom is 0.276 e. The lowest BCUT2D eigenvalue weighted by Crippen LogP contribution is -2.26. The highest BCUT2D eigenvalue weighted by molar-refractivity contribution is 5.92. The molecule has 0 aromatic carbocycles. The molecule has 0 unspecified atom stereocenters. The Balaban J connectivity index is 1.51. The van der Waals surface area contributed by atoms with Gasteiger partial charge in [0, 0.05) is 35.9 Å². The van der Waals surface area contributed by atoms with E-state index in [0.29, 0.717) is 28.4 Å². The summed E-state index contributed by atoms with van der Waals surface area (Å²) in [6.45, 7) is 1.72. The van der Waals surface area contributed by atoms with Crippen LogP contribution in [-0.2, 0) is 11.2 Å². The first kappa shape index (κ1) is 15.8. The number of amides is 1. The Morgan fingerprint density at radius 2 is 2.19 bits per heavy atom. The maximum absolute atomic E-state index is 12.5. The van der Waals surface area contributed by atoms with Crippen LogP contribution >= 0.6 is 0 Å². The van der Waals surface area contributed by atoms with Crippen molar-refractivity contribution >= 4 is 17.2 Å². The van der Waals surface area contributed by atoms with E-state index < -0.39 is 0 Å². The van der Waals surface area contributed by atoms with Crippen molar-refractivity contribution in [1.29, 1.82) is 0 Å². The lowest BCUT2D eigenvalue weighted by atomic mass is 10.1. The highest BCUT2D eigenvalue weighted by atomic mass is 16.2. The van der Waals surface area contributed by atoms with E-state index in [1.54, 1.807) is 60.7 Å². The number of hydrogen-bond acceptors (Lipinski definition) is 5. The molecule has 0 spiro atoms. The van der Waals surface area contributed by atoms with Crippen LogP contribution in [0.5, 0.6) is 0 Å². The van der Waals surface area contributed by atoms with Crippen molar-refractivity contribution in [1.82, 2.24) is 29.4 Å². The smallest absolute Gasteiger partial charge is 0.276 e. The summed E-state index contributed by atoms with van der Waals surface area (Å²) in [5.74, 6) is 0.329. The van der Waals surface area contributed by atoms with Crippen molar-refractivity contribution < 1.29 is 4.79 Å². The zero-order chi connectivity index (χ0) is 18.1. The highest BCUT2D eigenvalue weighted by Gasteiger charge is 2.14. The molecule has 4 heterocycles. The molecular formula is C17H15N7O2. The monoisotopic (exact) mass is 349 g/mol. The van der Waals surface area contributed by atoms with Gasteiger partial charge in [0.15, 0.2) is 11.5 Å². The van der Waals surface area contributed by atoms with Crippen LogP contribution in [0.2, 0.25) is 0 Å². The Morgan fingerprint density at radius 3 is 2.92 bits per heavy atom. The van der Waals surface area contributed by atoms with Crippen molar-refractivity contribution in [3.05, 3.63) is 70.7 Å². The van der Waals surface area contributed by atoms with Gasteiger partial charge in [0.1, 0.15) is 0 Å². The third-order valence-electron chi connectivity index (χ3n) is 3.95. The van der Waals surface area contributed by atoms with Gasteiger partial charge in [-0.3, -0.25) is 14.7 Å². The number of hydrogen-bond donors (Lipinski definition) is 2. The van der Waals surface area contributed by atoms with Gasteiger partial charge in [-0.05, 0) is 25.1 Å². The minimum atomic E-state index is -0.313. The minimum Gasteiger partial charge on any atom is -0.324 e. The van der Waals surface area contributed by atoms with Crippen molar-refractivity contribution in [2.75, 3.05) is 5.32 Å². The maximum atomic E-state index is 12.5. The van der Waals surface area contributed by atoms with E-state index >= 15 is 0 Å². The fraction of sp³-hybridized carbons (Fsp3) is 0.118. The molecule has 0 aliphatic rings. The number of nitrogens with zero attached hydrogens (tertiary/aromatic N) is 5. The minimum absolute atomic E-state index is 0.0689. The van der Waals surface area contributed by atoms with E-state index in [2.05, 4.69) is 25.5 Å². The number of nitrogens with one attached hydrogen (secondary N) is 2. The fourth-order valence-corrected chi connectivity index (χ4v) is 2.68. The molecule has 4 rings (SSSR count). The van der Waals surface area contributed by atoms with Crippen LogP contribution in [0.3, 0.4) is 0 Å². The molecule has 130 valence electrons. The third-order valence-corrected chi connectivity index (χ3v) is 3.95. The van der Waals surface area contributed by atoms with Crippen LogP contribution in [0.1, 0.15) is 11.3 Å². The number of rotatable bonds is 4. The summed E-state index contributed by atoms with van der Waals surface area (Å²) in [6, 6.07) is 6.97. The van der Waals surface area contributed by atoms with E-state index in [-0.39, 0.29) is 17.9 Å². The number of carbonyl (C=O) groups is 1. The number of aromatic nitrogens is 6. The van der Waals surface area contributed by atoms with Gasteiger partial charge in [0.2, 0.25) is 5.91 Å². The Kier molecular flexibility index (Phi) is 3.81. The predicted molar refractivity (Wildman–Crippen MR) is 94.2 cm³/mol. The molecule has 4 aromatic heterocycles. The van der Waals surface area contributed by atoms with Gasteiger partial charge in [-0.15, -0.1) is 0 Å². The highest BCUT2D eigenvalue weighted by Crippen LogP contribution is 2.10. The molecule has 26 heavy (non-hydrogen) atoms. The van der Waals surface area contributed by atoms with E-state index in [1.165, 1.54) is 4.52 Å². The number of pyridine rings is 1. The Morgan fingerprint density at radius 1 is 1.31 bits per heavy atom. The molecule has 0 radical (unpaired) electrons. The average molecular weight is 349 g/mol. The second-order valence-corrected chi connectivity index (χ2v) is 5.72. The second-order valence-electron chi connectivity index (χ2n) is 5.72.